The van der Waals surface area contributed by atoms with Gasteiger partial charge in [-0.2, -0.15) is 0 Å². The van der Waals surface area contributed by atoms with Crippen LogP contribution in [0.2, 0.25) is 5.02 Å². The number of carbonyl (C=O) groups is 1. The van der Waals surface area contributed by atoms with Crippen LogP contribution in [0.1, 0.15) is 21.6 Å². The number of aromatic nitrogens is 4. The van der Waals surface area contributed by atoms with Crippen LogP contribution in [0.15, 0.2) is 88.5 Å². The summed E-state index contributed by atoms with van der Waals surface area (Å²) in [4.78, 5) is 47.7. The summed E-state index contributed by atoms with van der Waals surface area (Å²) < 4.78 is 16.6. The van der Waals surface area contributed by atoms with E-state index in [0.717, 1.165) is 17.2 Å². The first-order valence-corrected chi connectivity index (χ1v) is 11.4. The summed E-state index contributed by atoms with van der Waals surface area (Å²) in [5.41, 5.74) is 0.273. The van der Waals surface area contributed by atoms with E-state index >= 15 is 0 Å². The van der Waals surface area contributed by atoms with Crippen molar-refractivity contribution >= 4 is 29.1 Å². The van der Waals surface area contributed by atoms with E-state index in [1.54, 1.807) is 12.1 Å². The van der Waals surface area contributed by atoms with Crippen molar-refractivity contribution in [3.63, 3.8) is 0 Å². The van der Waals surface area contributed by atoms with Crippen molar-refractivity contribution in [2.24, 2.45) is 0 Å². The minimum absolute atomic E-state index is 0.0197. The molecule has 178 valence electrons. The summed E-state index contributed by atoms with van der Waals surface area (Å²) in [7, 11) is 0. The zero-order valence-corrected chi connectivity index (χ0v) is 19.5. The molecule has 0 spiro atoms. The molecule has 0 fully saturated rings. The number of nitrogens with zero attached hydrogens (tertiary/aromatic N) is 4. The van der Waals surface area contributed by atoms with Crippen molar-refractivity contribution in [2.45, 2.75) is 13.1 Å². The van der Waals surface area contributed by atoms with Crippen LogP contribution < -0.4 is 11.1 Å². The highest BCUT2D eigenvalue weighted by molar-refractivity contribution is 6.30. The average molecular weight is 501 g/mol. The Kier molecular flexibility index (Phi) is 6.26. The summed E-state index contributed by atoms with van der Waals surface area (Å²) in [6, 6.07) is 22.2. The fourth-order valence-corrected chi connectivity index (χ4v) is 4.13. The molecule has 7 nitrogen and oxygen atoms in total. The van der Waals surface area contributed by atoms with Gasteiger partial charge in [0.05, 0.1) is 18.1 Å². The lowest BCUT2D eigenvalue weighted by molar-refractivity contribution is 0.112. The van der Waals surface area contributed by atoms with Crippen molar-refractivity contribution < 1.29 is 9.18 Å². The molecule has 5 rings (SSSR count). The molecule has 0 aliphatic rings. The fourth-order valence-electron chi connectivity index (χ4n) is 4.01. The number of carbonyl (C=O) groups excluding carboxylic acids is 1. The van der Waals surface area contributed by atoms with E-state index in [2.05, 4.69) is 9.97 Å². The van der Waals surface area contributed by atoms with Gasteiger partial charge in [0, 0.05) is 5.56 Å². The lowest BCUT2D eigenvalue weighted by Gasteiger charge is -2.17. The molecule has 3 aromatic carbocycles. The molecule has 0 atom stereocenters. The van der Waals surface area contributed by atoms with Crippen LogP contribution in [0.3, 0.4) is 0 Å². The van der Waals surface area contributed by atoms with Crippen LogP contribution in [0.4, 0.5) is 4.39 Å². The molecule has 2 aromatic heterocycles. The van der Waals surface area contributed by atoms with Gasteiger partial charge >= 0.3 is 11.1 Å². The normalized spacial score (nSPS) is 11.1. The fraction of sp³-hybridized carbons (Fsp3) is 0.0741. The molecular formula is C27H18ClFN4O3. The van der Waals surface area contributed by atoms with Crippen molar-refractivity contribution in [1.82, 2.24) is 19.1 Å². The van der Waals surface area contributed by atoms with E-state index in [4.69, 9.17) is 11.6 Å². The van der Waals surface area contributed by atoms with E-state index in [0.29, 0.717) is 6.29 Å². The Morgan fingerprint density at radius 3 is 1.97 bits per heavy atom. The molecule has 0 bridgehead atoms. The number of benzene rings is 3. The van der Waals surface area contributed by atoms with Gasteiger partial charge in [0.25, 0.3) is 0 Å². The maximum atomic E-state index is 14.2. The van der Waals surface area contributed by atoms with Crippen molar-refractivity contribution in [3.05, 3.63) is 127 Å². The third-order valence-corrected chi connectivity index (χ3v) is 6.05. The Bertz CT molecular complexity index is 1720. The van der Waals surface area contributed by atoms with Crippen molar-refractivity contribution in [3.8, 4) is 11.4 Å². The Morgan fingerprint density at radius 1 is 0.806 bits per heavy atom. The Hall–Kier alpha value is -4.43. The van der Waals surface area contributed by atoms with Gasteiger partial charge in [0.2, 0.25) is 0 Å². The van der Waals surface area contributed by atoms with Gasteiger partial charge in [-0.15, -0.1) is 0 Å². The minimum Gasteiger partial charge on any atom is -0.296 e. The number of fused-ring (bicyclic) bond motifs is 1. The summed E-state index contributed by atoms with van der Waals surface area (Å²) in [5, 5.41) is -0.0761. The molecule has 36 heavy (non-hydrogen) atoms. The van der Waals surface area contributed by atoms with Crippen molar-refractivity contribution in [2.75, 3.05) is 0 Å². The standard InChI is InChI=1S/C27H18ClFN4O3/c28-20-12-11-19(13-21(20)29)24-30-22(16-34)23-25(31-24)33(15-18-9-5-2-6-10-18)27(36)26(35)32(23)14-17-7-3-1-4-8-17/h1-13,16H,14-15H2. The monoisotopic (exact) mass is 500 g/mol. The lowest BCUT2D eigenvalue weighted by Crippen LogP contribution is -2.42. The summed E-state index contributed by atoms with van der Waals surface area (Å²) in [5.74, 6) is -0.660. The second kappa shape index (κ2) is 9.67. The molecule has 0 radical (unpaired) electrons. The first-order chi connectivity index (χ1) is 17.5. The van der Waals surface area contributed by atoms with Gasteiger partial charge in [-0.25, -0.2) is 14.4 Å². The van der Waals surface area contributed by atoms with E-state index in [1.807, 2.05) is 48.5 Å². The predicted molar refractivity (Wildman–Crippen MR) is 135 cm³/mol. The maximum absolute atomic E-state index is 14.2. The quantitative estimate of drug-likeness (QED) is 0.256. The molecule has 0 saturated heterocycles. The molecule has 0 unspecified atom stereocenters. The van der Waals surface area contributed by atoms with Crippen LogP contribution in [-0.4, -0.2) is 25.4 Å². The van der Waals surface area contributed by atoms with Gasteiger partial charge in [0.1, 0.15) is 17.0 Å². The number of hydrogen-bond donors (Lipinski definition) is 0. The Balaban J connectivity index is 1.84. The summed E-state index contributed by atoms with van der Waals surface area (Å²) >= 11 is 5.82. The minimum atomic E-state index is -0.806. The highest BCUT2D eigenvalue weighted by atomic mass is 35.5. The van der Waals surface area contributed by atoms with Crippen LogP contribution in [0.25, 0.3) is 22.6 Å². The molecule has 0 aliphatic heterocycles. The van der Waals surface area contributed by atoms with Gasteiger partial charge in [-0.05, 0) is 29.3 Å². The maximum Gasteiger partial charge on any atom is 0.318 e. The van der Waals surface area contributed by atoms with Gasteiger partial charge in [0.15, 0.2) is 17.8 Å². The van der Waals surface area contributed by atoms with Crippen molar-refractivity contribution in [1.29, 1.82) is 0 Å². The Labute approximate surface area is 209 Å². The van der Waals surface area contributed by atoms with Crippen LogP contribution in [0.5, 0.6) is 0 Å². The largest absolute Gasteiger partial charge is 0.318 e. The first-order valence-electron chi connectivity index (χ1n) is 11.0. The first kappa shape index (κ1) is 23.3. The molecule has 0 amide bonds. The van der Waals surface area contributed by atoms with E-state index in [9.17, 15) is 18.8 Å². The number of hydrogen-bond acceptors (Lipinski definition) is 5. The zero-order valence-electron chi connectivity index (χ0n) is 18.8. The molecule has 5 aromatic rings. The van der Waals surface area contributed by atoms with E-state index in [-0.39, 0.29) is 46.4 Å². The highest BCUT2D eigenvalue weighted by Crippen LogP contribution is 2.24. The van der Waals surface area contributed by atoms with E-state index < -0.39 is 16.9 Å². The SMILES string of the molecule is O=Cc1nc(-c2ccc(Cl)c(F)c2)nc2c1n(Cc1ccccc1)c(=O)c(=O)n2Cc1ccccc1. The second-order valence-electron chi connectivity index (χ2n) is 8.11. The van der Waals surface area contributed by atoms with E-state index in [1.165, 1.54) is 21.3 Å². The molecular weight excluding hydrogens is 483 g/mol. The van der Waals surface area contributed by atoms with Crippen LogP contribution in [-0.2, 0) is 13.1 Å². The summed E-state index contributed by atoms with van der Waals surface area (Å²) in [6.07, 6.45) is 0.498. The predicted octanol–water partition coefficient (Wildman–Crippen LogP) is 4.32. The average Bonchev–Trinajstić information content (AvgIpc) is 2.91. The number of rotatable bonds is 6. The van der Waals surface area contributed by atoms with Crippen LogP contribution >= 0.6 is 11.6 Å². The molecule has 0 N–H and O–H groups in total. The topological polar surface area (TPSA) is 86.8 Å². The number of aldehydes is 1. The molecule has 0 saturated carbocycles. The third-order valence-electron chi connectivity index (χ3n) is 5.75. The van der Waals surface area contributed by atoms with Gasteiger partial charge in [-0.3, -0.25) is 23.5 Å². The zero-order chi connectivity index (χ0) is 25.2. The number of halogens is 2. The smallest absolute Gasteiger partial charge is 0.296 e. The van der Waals surface area contributed by atoms with Crippen LogP contribution in [0, 0.1) is 5.82 Å². The molecule has 9 heteroatoms. The summed E-state index contributed by atoms with van der Waals surface area (Å²) in [6.45, 7) is 0.0814. The third kappa shape index (κ3) is 4.34. The second-order valence-corrected chi connectivity index (χ2v) is 8.51. The lowest BCUT2D eigenvalue weighted by atomic mass is 10.2. The van der Waals surface area contributed by atoms with Gasteiger partial charge < -0.3 is 0 Å². The highest BCUT2D eigenvalue weighted by Gasteiger charge is 2.21. The van der Waals surface area contributed by atoms with Gasteiger partial charge in [-0.1, -0.05) is 72.3 Å². The Morgan fingerprint density at radius 2 is 1.39 bits per heavy atom. The molecule has 2 heterocycles. The molecule has 0 aliphatic carbocycles.